The average Bonchev–Trinajstić information content (AvgIpc) is 2.66. The quantitative estimate of drug-likeness (QED) is 0.625. The number of carbonyl (C=O) groups excluding carboxylic acids is 1. The molecule has 26 heavy (non-hydrogen) atoms. The molecule has 0 radical (unpaired) electrons. The number of halogens is 1. The van der Waals surface area contributed by atoms with Crippen molar-refractivity contribution in [3.8, 4) is 5.75 Å². The highest BCUT2D eigenvalue weighted by atomic mass is 35.5. The van der Waals surface area contributed by atoms with Gasteiger partial charge in [-0.25, -0.2) is 0 Å². The standard InChI is InChI=1S/C20H25ClN2O3/c1-15-11-18(4-5-19(15)21)26-10-2-3-20(25)23-13-17(14-24)12-16-6-8-22-9-7-16/h4-9,11,17,24H,2-3,10,12-14H2,1H3,(H,23,25). The zero-order valence-electron chi connectivity index (χ0n) is 15.0. The van der Waals surface area contributed by atoms with Crippen LogP contribution in [-0.2, 0) is 11.2 Å². The second kappa shape index (κ2) is 10.8. The van der Waals surface area contributed by atoms with Crippen molar-refractivity contribution in [3.05, 3.63) is 58.9 Å². The molecule has 2 rings (SSSR count). The maximum Gasteiger partial charge on any atom is 0.220 e. The van der Waals surface area contributed by atoms with E-state index < -0.39 is 0 Å². The van der Waals surface area contributed by atoms with Gasteiger partial charge in [-0.3, -0.25) is 9.78 Å². The first-order valence-electron chi connectivity index (χ1n) is 8.74. The summed E-state index contributed by atoms with van der Waals surface area (Å²) in [4.78, 5) is 15.9. The molecule has 1 heterocycles. The van der Waals surface area contributed by atoms with Crippen LogP contribution in [0.2, 0.25) is 5.02 Å². The molecule has 1 unspecified atom stereocenters. The van der Waals surface area contributed by atoms with Crippen LogP contribution in [-0.4, -0.2) is 35.8 Å². The van der Waals surface area contributed by atoms with E-state index in [9.17, 15) is 9.90 Å². The minimum atomic E-state index is -0.0333. The summed E-state index contributed by atoms with van der Waals surface area (Å²) in [5, 5.41) is 13.1. The molecule has 1 amide bonds. The van der Waals surface area contributed by atoms with Crippen molar-refractivity contribution in [2.45, 2.75) is 26.2 Å². The van der Waals surface area contributed by atoms with Gasteiger partial charge in [0.2, 0.25) is 5.91 Å². The van der Waals surface area contributed by atoms with E-state index in [1.807, 2.05) is 31.2 Å². The normalized spacial score (nSPS) is 11.8. The fourth-order valence-electron chi connectivity index (χ4n) is 2.53. The Balaban J connectivity index is 1.64. The number of aryl methyl sites for hydroxylation is 1. The van der Waals surface area contributed by atoms with E-state index in [0.29, 0.717) is 37.4 Å². The Morgan fingerprint density at radius 1 is 1.31 bits per heavy atom. The fraction of sp³-hybridized carbons (Fsp3) is 0.400. The van der Waals surface area contributed by atoms with Crippen LogP contribution in [0.25, 0.3) is 0 Å². The molecule has 2 N–H and O–H groups in total. The van der Waals surface area contributed by atoms with E-state index in [-0.39, 0.29) is 18.4 Å². The smallest absolute Gasteiger partial charge is 0.220 e. The molecule has 2 aromatic rings. The van der Waals surface area contributed by atoms with Crippen molar-refractivity contribution in [1.29, 1.82) is 0 Å². The number of hydrogen-bond donors (Lipinski definition) is 2. The molecule has 1 aromatic heterocycles. The van der Waals surface area contributed by atoms with E-state index >= 15 is 0 Å². The van der Waals surface area contributed by atoms with Crippen LogP contribution >= 0.6 is 11.6 Å². The van der Waals surface area contributed by atoms with Crippen molar-refractivity contribution in [1.82, 2.24) is 10.3 Å². The highest BCUT2D eigenvalue weighted by Gasteiger charge is 2.10. The molecule has 0 aliphatic rings. The van der Waals surface area contributed by atoms with Crippen LogP contribution in [0, 0.1) is 12.8 Å². The number of nitrogens with zero attached hydrogens (tertiary/aromatic N) is 1. The van der Waals surface area contributed by atoms with Gasteiger partial charge in [-0.05, 0) is 61.2 Å². The SMILES string of the molecule is Cc1cc(OCCCC(=O)NCC(CO)Cc2ccncc2)ccc1Cl. The average molecular weight is 377 g/mol. The topological polar surface area (TPSA) is 71.5 Å². The first kappa shape index (κ1) is 20.2. The minimum absolute atomic E-state index is 0.00496. The molecule has 0 saturated heterocycles. The predicted molar refractivity (Wildman–Crippen MR) is 102 cm³/mol. The Labute approximate surface area is 159 Å². The van der Waals surface area contributed by atoms with E-state index in [4.69, 9.17) is 16.3 Å². The third-order valence-electron chi connectivity index (χ3n) is 4.07. The van der Waals surface area contributed by atoms with Crippen LogP contribution in [0.1, 0.15) is 24.0 Å². The minimum Gasteiger partial charge on any atom is -0.494 e. The first-order chi connectivity index (χ1) is 12.6. The number of ether oxygens (including phenoxy) is 1. The lowest BCUT2D eigenvalue weighted by Gasteiger charge is -2.15. The Bertz CT molecular complexity index is 695. The van der Waals surface area contributed by atoms with Crippen LogP contribution < -0.4 is 10.1 Å². The van der Waals surface area contributed by atoms with Crippen molar-refractivity contribution in [2.75, 3.05) is 19.8 Å². The number of aromatic nitrogens is 1. The lowest BCUT2D eigenvalue weighted by molar-refractivity contribution is -0.121. The molecule has 0 saturated carbocycles. The Hall–Kier alpha value is -2.11. The molecular weight excluding hydrogens is 352 g/mol. The number of rotatable bonds is 10. The molecule has 0 fully saturated rings. The second-order valence-corrected chi connectivity index (χ2v) is 6.68. The Morgan fingerprint density at radius 3 is 2.77 bits per heavy atom. The molecule has 0 aliphatic heterocycles. The van der Waals surface area contributed by atoms with Gasteiger partial charge in [0.15, 0.2) is 0 Å². The van der Waals surface area contributed by atoms with Gasteiger partial charge in [0, 0.05) is 42.9 Å². The van der Waals surface area contributed by atoms with Crippen LogP contribution in [0.15, 0.2) is 42.7 Å². The lowest BCUT2D eigenvalue weighted by Crippen LogP contribution is -2.31. The van der Waals surface area contributed by atoms with Crippen molar-refractivity contribution in [3.63, 3.8) is 0 Å². The van der Waals surface area contributed by atoms with Crippen LogP contribution in [0.5, 0.6) is 5.75 Å². The largest absolute Gasteiger partial charge is 0.494 e. The third kappa shape index (κ3) is 7.02. The summed E-state index contributed by atoms with van der Waals surface area (Å²) in [5.74, 6) is 0.716. The van der Waals surface area contributed by atoms with Gasteiger partial charge < -0.3 is 15.2 Å². The number of carbonyl (C=O) groups is 1. The highest BCUT2D eigenvalue weighted by Crippen LogP contribution is 2.21. The maximum atomic E-state index is 12.0. The summed E-state index contributed by atoms with van der Waals surface area (Å²) in [6.45, 7) is 2.87. The molecule has 0 bridgehead atoms. The van der Waals surface area contributed by atoms with Crippen LogP contribution in [0.3, 0.4) is 0 Å². The van der Waals surface area contributed by atoms with Gasteiger partial charge in [0.05, 0.1) is 6.61 Å². The van der Waals surface area contributed by atoms with E-state index in [0.717, 1.165) is 16.9 Å². The first-order valence-corrected chi connectivity index (χ1v) is 9.11. The number of pyridine rings is 1. The maximum absolute atomic E-state index is 12.0. The van der Waals surface area contributed by atoms with E-state index in [2.05, 4.69) is 10.3 Å². The zero-order chi connectivity index (χ0) is 18.8. The third-order valence-corrected chi connectivity index (χ3v) is 4.49. The number of nitrogens with one attached hydrogen (secondary N) is 1. The van der Waals surface area contributed by atoms with Crippen LogP contribution in [0.4, 0.5) is 0 Å². The highest BCUT2D eigenvalue weighted by molar-refractivity contribution is 6.31. The monoisotopic (exact) mass is 376 g/mol. The molecule has 0 spiro atoms. The van der Waals surface area contributed by atoms with Crippen molar-refractivity contribution >= 4 is 17.5 Å². The number of amides is 1. The van der Waals surface area contributed by atoms with Gasteiger partial charge in [-0.1, -0.05) is 11.6 Å². The van der Waals surface area contributed by atoms with E-state index in [1.54, 1.807) is 18.5 Å². The lowest BCUT2D eigenvalue weighted by atomic mass is 10.0. The summed E-state index contributed by atoms with van der Waals surface area (Å²) in [6.07, 6.45) is 5.18. The summed E-state index contributed by atoms with van der Waals surface area (Å²) in [6, 6.07) is 9.34. The van der Waals surface area contributed by atoms with Crippen molar-refractivity contribution < 1.29 is 14.6 Å². The molecular formula is C20H25ClN2O3. The fourth-order valence-corrected chi connectivity index (χ4v) is 2.65. The number of aliphatic hydroxyl groups excluding tert-OH is 1. The Morgan fingerprint density at radius 2 is 2.08 bits per heavy atom. The van der Waals surface area contributed by atoms with Gasteiger partial charge in [0.25, 0.3) is 0 Å². The summed E-state index contributed by atoms with van der Waals surface area (Å²) >= 11 is 5.98. The van der Waals surface area contributed by atoms with Gasteiger partial charge in [-0.2, -0.15) is 0 Å². The number of aliphatic hydroxyl groups is 1. The molecule has 5 nitrogen and oxygen atoms in total. The molecule has 6 heteroatoms. The predicted octanol–water partition coefficient (Wildman–Crippen LogP) is 3.17. The molecule has 0 aliphatic carbocycles. The van der Waals surface area contributed by atoms with Gasteiger partial charge >= 0.3 is 0 Å². The van der Waals surface area contributed by atoms with E-state index in [1.165, 1.54) is 0 Å². The van der Waals surface area contributed by atoms with Gasteiger partial charge in [-0.15, -0.1) is 0 Å². The van der Waals surface area contributed by atoms with Gasteiger partial charge in [0.1, 0.15) is 5.75 Å². The zero-order valence-corrected chi connectivity index (χ0v) is 15.7. The molecule has 140 valence electrons. The summed E-state index contributed by atoms with van der Waals surface area (Å²) in [5.41, 5.74) is 2.06. The molecule has 1 atom stereocenters. The Kier molecular flexibility index (Phi) is 8.38. The number of hydrogen-bond acceptors (Lipinski definition) is 4. The molecule has 1 aromatic carbocycles. The summed E-state index contributed by atoms with van der Waals surface area (Å²) < 4.78 is 5.63. The number of benzene rings is 1. The van der Waals surface area contributed by atoms with Crippen molar-refractivity contribution in [2.24, 2.45) is 5.92 Å². The summed E-state index contributed by atoms with van der Waals surface area (Å²) in [7, 11) is 0. The second-order valence-electron chi connectivity index (χ2n) is 6.28.